The van der Waals surface area contributed by atoms with E-state index in [9.17, 15) is 4.79 Å². The van der Waals surface area contributed by atoms with Crippen LogP contribution in [0.3, 0.4) is 0 Å². The molecule has 0 aliphatic heterocycles. The van der Waals surface area contributed by atoms with Crippen molar-refractivity contribution in [2.24, 2.45) is 10.9 Å². The molecule has 0 aliphatic rings. The van der Waals surface area contributed by atoms with Gasteiger partial charge in [0.25, 0.3) is 0 Å². The third-order valence-electron chi connectivity index (χ3n) is 2.64. The van der Waals surface area contributed by atoms with E-state index in [4.69, 9.17) is 4.74 Å². The van der Waals surface area contributed by atoms with E-state index in [1.54, 1.807) is 0 Å². The largest absolute Gasteiger partial charge is 0.444 e. The highest BCUT2D eigenvalue weighted by Gasteiger charge is 2.21. The number of rotatable bonds is 6. The van der Waals surface area contributed by atoms with Gasteiger partial charge in [0.1, 0.15) is 5.60 Å². The Morgan fingerprint density at radius 1 is 1.14 bits per heavy atom. The fraction of sp³-hybridized carbons (Fsp3) is 0.867. The molecule has 0 aromatic carbocycles. The zero-order chi connectivity index (χ0) is 16.5. The number of guanidine groups is 1. The van der Waals surface area contributed by atoms with Gasteiger partial charge in [-0.25, -0.2) is 4.79 Å². The standard InChI is InChI=1S/C15H32N4O2.HI/c1-8-16-13(17-9-2)18-10-12(11(3)4)19-14(20)21-15(5,6)7;/h11-12H,8-10H2,1-7H3,(H,19,20)(H2,16,17,18);1H. The number of ether oxygens (including phenoxy) is 1. The third-order valence-corrected chi connectivity index (χ3v) is 2.64. The summed E-state index contributed by atoms with van der Waals surface area (Å²) in [7, 11) is 0. The average molecular weight is 428 g/mol. The SMILES string of the molecule is CCNC(=NCC(NC(=O)OC(C)(C)C)C(C)C)NCC.I. The Morgan fingerprint density at radius 3 is 2.00 bits per heavy atom. The van der Waals surface area contributed by atoms with Gasteiger partial charge < -0.3 is 20.7 Å². The van der Waals surface area contributed by atoms with Gasteiger partial charge in [0.2, 0.25) is 0 Å². The fourth-order valence-electron chi connectivity index (χ4n) is 1.58. The van der Waals surface area contributed by atoms with Gasteiger partial charge in [0.05, 0.1) is 12.6 Å². The number of hydrogen-bond donors (Lipinski definition) is 3. The number of carbonyl (C=O) groups excluding carboxylic acids is 1. The Balaban J connectivity index is 0. The van der Waals surface area contributed by atoms with E-state index in [2.05, 4.69) is 34.8 Å². The van der Waals surface area contributed by atoms with E-state index in [1.165, 1.54) is 0 Å². The van der Waals surface area contributed by atoms with Gasteiger partial charge in [-0.15, -0.1) is 24.0 Å². The predicted octanol–water partition coefficient (Wildman–Crippen LogP) is 2.73. The molecule has 132 valence electrons. The van der Waals surface area contributed by atoms with Crippen LogP contribution in [0.4, 0.5) is 4.79 Å². The van der Waals surface area contributed by atoms with Crippen molar-refractivity contribution in [3.05, 3.63) is 0 Å². The van der Waals surface area contributed by atoms with Crippen molar-refractivity contribution >= 4 is 36.0 Å². The predicted molar refractivity (Wildman–Crippen MR) is 103 cm³/mol. The lowest BCUT2D eigenvalue weighted by atomic mass is 10.1. The molecule has 1 atom stereocenters. The van der Waals surface area contributed by atoms with Crippen molar-refractivity contribution in [2.75, 3.05) is 19.6 Å². The van der Waals surface area contributed by atoms with Gasteiger partial charge >= 0.3 is 6.09 Å². The second-order valence-electron chi connectivity index (χ2n) is 6.25. The van der Waals surface area contributed by atoms with Crippen molar-refractivity contribution in [3.63, 3.8) is 0 Å². The van der Waals surface area contributed by atoms with Crippen LogP contribution >= 0.6 is 24.0 Å². The molecule has 0 aliphatic carbocycles. The monoisotopic (exact) mass is 428 g/mol. The summed E-state index contributed by atoms with van der Waals surface area (Å²) in [6.07, 6.45) is -0.398. The maximum atomic E-state index is 11.9. The normalized spacial score (nSPS) is 12.0. The zero-order valence-corrected chi connectivity index (χ0v) is 17.3. The molecule has 0 fully saturated rings. The molecule has 0 bridgehead atoms. The summed E-state index contributed by atoms with van der Waals surface area (Å²) in [4.78, 5) is 16.4. The number of nitrogens with one attached hydrogen (secondary N) is 3. The molecule has 0 saturated heterocycles. The summed E-state index contributed by atoms with van der Waals surface area (Å²) < 4.78 is 5.29. The van der Waals surface area contributed by atoms with E-state index >= 15 is 0 Å². The zero-order valence-electron chi connectivity index (χ0n) is 14.9. The van der Waals surface area contributed by atoms with Gasteiger partial charge in [-0.05, 0) is 40.5 Å². The highest BCUT2D eigenvalue weighted by molar-refractivity contribution is 14.0. The molecule has 7 heteroatoms. The second-order valence-corrected chi connectivity index (χ2v) is 6.25. The Morgan fingerprint density at radius 2 is 1.64 bits per heavy atom. The van der Waals surface area contributed by atoms with Crippen LogP contribution in [0.1, 0.15) is 48.5 Å². The van der Waals surface area contributed by atoms with Crippen LogP contribution in [-0.2, 0) is 4.74 Å². The van der Waals surface area contributed by atoms with Gasteiger partial charge in [-0.3, -0.25) is 4.99 Å². The minimum Gasteiger partial charge on any atom is -0.444 e. The first kappa shape index (κ1) is 23.5. The number of nitrogens with zero attached hydrogens (tertiary/aromatic N) is 1. The summed E-state index contributed by atoms with van der Waals surface area (Å²) in [6.45, 7) is 15.8. The molecule has 0 spiro atoms. The average Bonchev–Trinajstić information content (AvgIpc) is 2.32. The Labute approximate surface area is 152 Å². The first-order valence-corrected chi connectivity index (χ1v) is 7.71. The van der Waals surface area contributed by atoms with Gasteiger partial charge in [-0.1, -0.05) is 13.8 Å². The highest BCUT2D eigenvalue weighted by Crippen LogP contribution is 2.08. The molecule has 0 saturated carbocycles. The van der Waals surface area contributed by atoms with Gasteiger partial charge in [0, 0.05) is 13.1 Å². The highest BCUT2D eigenvalue weighted by atomic mass is 127. The Bertz CT molecular complexity index is 333. The second kappa shape index (κ2) is 11.8. The van der Waals surface area contributed by atoms with E-state index < -0.39 is 11.7 Å². The fourth-order valence-corrected chi connectivity index (χ4v) is 1.58. The van der Waals surface area contributed by atoms with Crippen molar-refractivity contribution in [3.8, 4) is 0 Å². The van der Waals surface area contributed by atoms with Crippen molar-refractivity contribution in [1.29, 1.82) is 0 Å². The Hall–Kier alpha value is -0.730. The molecule has 1 amide bonds. The quantitative estimate of drug-likeness (QED) is 0.346. The number of amides is 1. The van der Waals surface area contributed by atoms with Crippen molar-refractivity contribution in [1.82, 2.24) is 16.0 Å². The molecule has 22 heavy (non-hydrogen) atoms. The summed E-state index contributed by atoms with van der Waals surface area (Å²) in [5, 5.41) is 9.22. The summed E-state index contributed by atoms with van der Waals surface area (Å²) in [5.74, 6) is 1.03. The Kier molecular flexibility index (Phi) is 12.6. The van der Waals surface area contributed by atoms with Gasteiger partial charge in [0.15, 0.2) is 5.96 Å². The molecule has 0 rings (SSSR count). The first-order chi connectivity index (χ1) is 9.69. The number of hydrogen-bond acceptors (Lipinski definition) is 3. The lowest BCUT2D eigenvalue weighted by molar-refractivity contribution is 0.0493. The molecular weight excluding hydrogens is 395 g/mol. The molecule has 1 unspecified atom stereocenters. The van der Waals surface area contributed by atoms with Crippen molar-refractivity contribution in [2.45, 2.75) is 60.1 Å². The molecule has 0 heterocycles. The number of alkyl carbamates (subject to hydrolysis) is 1. The van der Waals surface area contributed by atoms with Crippen LogP contribution in [-0.4, -0.2) is 43.3 Å². The number of halogens is 1. The smallest absolute Gasteiger partial charge is 0.407 e. The van der Waals surface area contributed by atoms with Crippen LogP contribution in [0.5, 0.6) is 0 Å². The van der Waals surface area contributed by atoms with Crippen LogP contribution in [0.25, 0.3) is 0 Å². The summed E-state index contributed by atoms with van der Waals surface area (Å²) in [6, 6.07) is -0.0628. The molecule has 3 N–H and O–H groups in total. The van der Waals surface area contributed by atoms with E-state index in [1.807, 2.05) is 34.6 Å². The summed E-state index contributed by atoms with van der Waals surface area (Å²) in [5.41, 5.74) is -0.492. The van der Waals surface area contributed by atoms with E-state index in [-0.39, 0.29) is 35.9 Å². The van der Waals surface area contributed by atoms with E-state index in [0.717, 1.165) is 19.0 Å². The number of carbonyl (C=O) groups is 1. The molecule has 0 aromatic rings. The molecule has 6 nitrogen and oxygen atoms in total. The maximum Gasteiger partial charge on any atom is 0.407 e. The van der Waals surface area contributed by atoms with Crippen LogP contribution < -0.4 is 16.0 Å². The minimum atomic E-state index is -0.492. The first-order valence-electron chi connectivity index (χ1n) is 7.71. The van der Waals surface area contributed by atoms with E-state index in [0.29, 0.717) is 6.54 Å². The number of aliphatic imine (C=N–C) groups is 1. The van der Waals surface area contributed by atoms with Crippen LogP contribution in [0.15, 0.2) is 4.99 Å². The molecule has 0 radical (unpaired) electrons. The topological polar surface area (TPSA) is 74.8 Å². The van der Waals surface area contributed by atoms with Crippen LogP contribution in [0, 0.1) is 5.92 Å². The third kappa shape index (κ3) is 11.9. The van der Waals surface area contributed by atoms with Crippen molar-refractivity contribution < 1.29 is 9.53 Å². The summed E-state index contributed by atoms with van der Waals surface area (Å²) >= 11 is 0. The van der Waals surface area contributed by atoms with Gasteiger partial charge in [-0.2, -0.15) is 0 Å². The molecule has 0 aromatic heterocycles. The minimum absolute atomic E-state index is 0. The molecular formula is C15H33IN4O2. The van der Waals surface area contributed by atoms with Crippen LogP contribution in [0.2, 0.25) is 0 Å². The maximum absolute atomic E-state index is 11.9. The lowest BCUT2D eigenvalue weighted by Gasteiger charge is -2.25. The lowest BCUT2D eigenvalue weighted by Crippen LogP contribution is -2.44.